The number of benzene rings is 1. The zero-order chi connectivity index (χ0) is 25.2. The van der Waals surface area contributed by atoms with Gasteiger partial charge in [0.25, 0.3) is 0 Å². The van der Waals surface area contributed by atoms with E-state index in [2.05, 4.69) is 42.5 Å². The molecule has 1 amide bonds. The van der Waals surface area contributed by atoms with Crippen molar-refractivity contribution in [2.75, 3.05) is 16.0 Å². The van der Waals surface area contributed by atoms with Crippen molar-refractivity contribution in [3.8, 4) is 6.07 Å². The molecule has 1 aliphatic carbocycles. The van der Waals surface area contributed by atoms with Crippen LogP contribution < -0.4 is 16.0 Å². The Morgan fingerprint density at radius 2 is 2.17 bits per heavy atom. The molecular formula is C23H18BrN7O2S3. The molecule has 3 heterocycles. The lowest BCUT2D eigenvalue weighted by atomic mass is 9.76. The fraction of sp³-hybridized carbons (Fsp3) is 0.217. The normalized spacial score (nSPS) is 17.7. The average molecular weight is 601 g/mol. The van der Waals surface area contributed by atoms with Crippen LogP contribution >= 0.6 is 50.4 Å². The summed E-state index contributed by atoms with van der Waals surface area (Å²) in [6.45, 7) is 0. The lowest BCUT2D eigenvalue weighted by Crippen LogP contribution is -2.38. The maximum Gasteiger partial charge on any atom is 0.236 e. The van der Waals surface area contributed by atoms with Gasteiger partial charge in [-0.25, -0.2) is 4.98 Å². The van der Waals surface area contributed by atoms with Crippen LogP contribution in [0.2, 0.25) is 0 Å². The number of hydrogen-bond donors (Lipinski definition) is 2. The van der Waals surface area contributed by atoms with Crippen LogP contribution in [0.5, 0.6) is 0 Å². The third-order valence-corrected chi connectivity index (χ3v) is 9.17. The van der Waals surface area contributed by atoms with Gasteiger partial charge in [-0.15, -0.1) is 21.5 Å². The van der Waals surface area contributed by atoms with E-state index in [1.807, 2.05) is 24.3 Å². The lowest BCUT2D eigenvalue weighted by Gasteiger charge is -2.38. The number of thiazole rings is 1. The van der Waals surface area contributed by atoms with Gasteiger partial charge < -0.3 is 11.1 Å². The number of carbonyl (C=O) groups is 2. The van der Waals surface area contributed by atoms with E-state index in [-0.39, 0.29) is 23.3 Å². The van der Waals surface area contributed by atoms with Crippen molar-refractivity contribution in [3.63, 3.8) is 0 Å². The first-order valence-electron chi connectivity index (χ1n) is 10.8. The predicted octanol–water partition coefficient (Wildman–Crippen LogP) is 4.79. The molecule has 0 fully saturated rings. The molecular weight excluding hydrogens is 582 g/mol. The number of nitriles is 1. The third kappa shape index (κ3) is 4.69. The topological polar surface area (TPSA) is 138 Å². The van der Waals surface area contributed by atoms with Gasteiger partial charge in [0.15, 0.2) is 15.3 Å². The fourth-order valence-electron chi connectivity index (χ4n) is 4.24. The molecule has 1 aromatic carbocycles. The maximum atomic E-state index is 13.2. The number of nitrogens with two attached hydrogens (primary N) is 1. The van der Waals surface area contributed by atoms with Gasteiger partial charge in [-0.3, -0.25) is 14.5 Å². The van der Waals surface area contributed by atoms with Gasteiger partial charge in [-0.05, 0) is 24.5 Å². The first kappa shape index (κ1) is 24.6. The van der Waals surface area contributed by atoms with Crippen molar-refractivity contribution >= 4 is 72.3 Å². The lowest BCUT2D eigenvalue weighted by molar-refractivity contribution is -0.116. The molecule has 13 heteroatoms. The number of anilines is 2. The van der Waals surface area contributed by atoms with Crippen LogP contribution in [0.1, 0.15) is 30.7 Å². The molecule has 0 saturated heterocycles. The zero-order valence-electron chi connectivity index (χ0n) is 18.6. The molecule has 0 radical (unpaired) electrons. The second kappa shape index (κ2) is 10.5. The summed E-state index contributed by atoms with van der Waals surface area (Å²) < 4.78 is 1.38. The van der Waals surface area contributed by atoms with Crippen molar-refractivity contribution in [1.82, 2.24) is 15.2 Å². The second-order valence-electron chi connectivity index (χ2n) is 7.86. The SMILES string of the molecule is N#CC1=C(N)N(c2nnc(SCC(=O)Nc3nccs3)s2)C2=C(C(=O)CCC2)C1c1ccccc1Br. The first-order chi connectivity index (χ1) is 17.5. The molecule has 2 aromatic heterocycles. The number of ketones is 1. The highest BCUT2D eigenvalue weighted by Gasteiger charge is 2.41. The van der Waals surface area contributed by atoms with Crippen LogP contribution in [0.15, 0.2) is 67.3 Å². The van der Waals surface area contributed by atoms with Crippen LogP contribution in [0.3, 0.4) is 0 Å². The minimum atomic E-state index is -0.555. The Hall–Kier alpha value is -3.05. The van der Waals surface area contributed by atoms with Gasteiger partial charge in [0, 0.05) is 33.7 Å². The van der Waals surface area contributed by atoms with Crippen LogP contribution in [0.4, 0.5) is 10.3 Å². The molecule has 2 aliphatic rings. The quantitative estimate of drug-likeness (QED) is 0.383. The Labute approximate surface area is 227 Å². The minimum absolute atomic E-state index is 0.000208. The molecule has 36 heavy (non-hydrogen) atoms. The smallest absolute Gasteiger partial charge is 0.236 e. The van der Waals surface area contributed by atoms with Gasteiger partial charge >= 0.3 is 0 Å². The van der Waals surface area contributed by atoms with E-state index in [9.17, 15) is 14.9 Å². The Balaban J connectivity index is 1.47. The van der Waals surface area contributed by atoms with Gasteiger partial charge in [0.2, 0.25) is 11.0 Å². The van der Waals surface area contributed by atoms with Gasteiger partial charge in [0.1, 0.15) is 5.82 Å². The maximum absolute atomic E-state index is 13.2. The minimum Gasteiger partial charge on any atom is -0.384 e. The summed E-state index contributed by atoms with van der Waals surface area (Å²) in [7, 11) is 0. The van der Waals surface area contributed by atoms with E-state index < -0.39 is 5.92 Å². The van der Waals surface area contributed by atoms with Crippen LogP contribution in [0, 0.1) is 11.3 Å². The molecule has 3 aromatic rings. The monoisotopic (exact) mass is 599 g/mol. The molecule has 182 valence electrons. The zero-order valence-corrected chi connectivity index (χ0v) is 22.6. The number of carbonyl (C=O) groups excluding carboxylic acids is 2. The number of amides is 1. The molecule has 5 rings (SSSR count). The number of allylic oxidation sites excluding steroid dienone is 3. The van der Waals surface area contributed by atoms with Crippen molar-refractivity contribution < 1.29 is 9.59 Å². The Morgan fingerprint density at radius 3 is 2.92 bits per heavy atom. The highest BCUT2D eigenvalue weighted by atomic mass is 79.9. The summed E-state index contributed by atoms with van der Waals surface area (Å²) in [5, 5.41) is 24.2. The van der Waals surface area contributed by atoms with E-state index in [1.165, 1.54) is 34.4 Å². The third-order valence-electron chi connectivity index (χ3n) is 5.72. The molecule has 9 nitrogen and oxygen atoms in total. The molecule has 0 saturated carbocycles. The number of halogens is 1. The van der Waals surface area contributed by atoms with Gasteiger partial charge in [0.05, 0.1) is 23.3 Å². The standard InChI is InChI=1S/C23H18BrN7O2S3/c24-14-5-2-1-4-12(14)18-13(10-25)20(26)31(15-6-3-7-16(32)19(15)18)22-29-30-23(36-22)35-11-17(33)28-21-27-8-9-34-21/h1-2,4-5,8-9,18H,3,6-7,11,26H2,(H,27,28,33). The molecule has 3 N–H and O–H groups in total. The average Bonchev–Trinajstić information content (AvgIpc) is 3.55. The van der Waals surface area contributed by atoms with E-state index in [1.54, 1.807) is 16.5 Å². The number of rotatable bonds is 6. The predicted molar refractivity (Wildman–Crippen MR) is 143 cm³/mol. The number of hydrogen-bond acceptors (Lipinski definition) is 11. The van der Waals surface area contributed by atoms with Crippen molar-refractivity contribution in [1.29, 1.82) is 5.26 Å². The van der Waals surface area contributed by atoms with Crippen molar-refractivity contribution in [2.24, 2.45) is 5.73 Å². The number of nitrogens with one attached hydrogen (secondary N) is 1. The summed E-state index contributed by atoms with van der Waals surface area (Å²) in [5.74, 6) is -0.378. The summed E-state index contributed by atoms with van der Waals surface area (Å²) in [6.07, 6.45) is 3.34. The Morgan fingerprint density at radius 1 is 1.33 bits per heavy atom. The number of Topliss-reactive ketones (excluding diaryl/α,β-unsaturated/α-hetero) is 1. The van der Waals surface area contributed by atoms with Crippen molar-refractivity contribution in [3.05, 3.63) is 68.5 Å². The van der Waals surface area contributed by atoms with E-state index >= 15 is 0 Å². The summed E-state index contributed by atoms with van der Waals surface area (Å²) in [4.78, 5) is 31.2. The first-order valence-corrected chi connectivity index (χ1v) is 14.3. The van der Waals surface area contributed by atoms with Gasteiger partial charge in [-0.1, -0.05) is 57.2 Å². The van der Waals surface area contributed by atoms with Crippen LogP contribution in [-0.4, -0.2) is 32.6 Å². The summed E-state index contributed by atoms with van der Waals surface area (Å²) >= 11 is 7.42. The highest BCUT2D eigenvalue weighted by molar-refractivity contribution is 9.10. The fourth-order valence-corrected chi connectivity index (χ4v) is 6.98. The van der Waals surface area contributed by atoms with Gasteiger partial charge in [-0.2, -0.15) is 5.26 Å². The Bertz CT molecular complexity index is 1440. The van der Waals surface area contributed by atoms with E-state index in [4.69, 9.17) is 5.73 Å². The largest absolute Gasteiger partial charge is 0.384 e. The molecule has 1 aliphatic heterocycles. The summed E-state index contributed by atoms with van der Waals surface area (Å²) in [6, 6.07) is 9.80. The van der Waals surface area contributed by atoms with Crippen molar-refractivity contribution in [2.45, 2.75) is 29.5 Å². The second-order valence-corrected chi connectivity index (χ2v) is 11.8. The van der Waals surface area contributed by atoms with Crippen LogP contribution in [-0.2, 0) is 9.59 Å². The highest BCUT2D eigenvalue weighted by Crippen LogP contribution is 2.48. The number of aromatic nitrogens is 3. The molecule has 1 unspecified atom stereocenters. The number of thioether (sulfide) groups is 1. The van der Waals surface area contributed by atoms with E-state index in [0.29, 0.717) is 45.0 Å². The summed E-state index contributed by atoms with van der Waals surface area (Å²) in [5.41, 5.74) is 9.02. The molecule has 0 spiro atoms. The number of nitrogens with zero attached hydrogens (tertiary/aromatic N) is 5. The Kier molecular flexibility index (Phi) is 7.20. The molecule has 1 atom stereocenters. The molecule has 0 bridgehead atoms. The van der Waals surface area contributed by atoms with Crippen LogP contribution in [0.25, 0.3) is 0 Å². The van der Waals surface area contributed by atoms with E-state index in [0.717, 1.165) is 15.7 Å².